The summed E-state index contributed by atoms with van der Waals surface area (Å²) in [6.07, 6.45) is 5.32. The van der Waals surface area contributed by atoms with Crippen molar-refractivity contribution in [2.24, 2.45) is 5.92 Å². The molecular weight excluding hydrogens is 266 g/mol. The number of nitrogens with zero attached hydrogens (tertiary/aromatic N) is 1. The van der Waals surface area contributed by atoms with Gasteiger partial charge in [0.2, 0.25) is 0 Å². The molecule has 1 saturated heterocycles. The SMILES string of the molecule is CC1CCCN(CCOc2ccc(C=CC(=O)O)cc2)C1. The average Bonchev–Trinajstić information content (AvgIpc) is 2.46. The standard InChI is InChI=1S/C17H23NO3/c1-14-3-2-10-18(13-14)11-12-21-16-7-4-15(5-8-16)6-9-17(19)20/h4-9,14H,2-3,10-13H2,1H3,(H,19,20). The molecule has 1 atom stereocenters. The van der Waals surface area contributed by atoms with Gasteiger partial charge in [0.05, 0.1) is 0 Å². The second-order valence-electron chi connectivity index (χ2n) is 5.64. The Morgan fingerprint density at radius 1 is 1.43 bits per heavy atom. The molecule has 1 aromatic carbocycles. The largest absolute Gasteiger partial charge is 0.492 e. The van der Waals surface area contributed by atoms with Crippen molar-refractivity contribution in [2.75, 3.05) is 26.2 Å². The number of carboxylic acid groups (broad SMARTS) is 1. The highest BCUT2D eigenvalue weighted by atomic mass is 16.5. The predicted octanol–water partition coefficient (Wildman–Crippen LogP) is 2.90. The quantitative estimate of drug-likeness (QED) is 0.818. The zero-order valence-corrected chi connectivity index (χ0v) is 12.5. The van der Waals surface area contributed by atoms with Gasteiger partial charge in [0.25, 0.3) is 0 Å². The van der Waals surface area contributed by atoms with E-state index in [9.17, 15) is 4.79 Å². The van der Waals surface area contributed by atoms with E-state index in [4.69, 9.17) is 9.84 Å². The topological polar surface area (TPSA) is 49.8 Å². The molecule has 114 valence electrons. The van der Waals surface area contributed by atoms with Gasteiger partial charge in [-0.1, -0.05) is 19.1 Å². The molecule has 0 radical (unpaired) electrons. The molecule has 1 fully saturated rings. The lowest BCUT2D eigenvalue weighted by atomic mass is 10.0. The highest BCUT2D eigenvalue weighted by Crippen LogP contribution is 2.16. The van der Waals surface area contributed by atoms with Gasteiger partial charge in [-0.05, 0) is 49.1 Å². The van der Waals surface area contributed by atoms with Gasteiger partial charge in [0.15, 0.2) is 0 Å². The molecule has 0 saturated carbocycles. The monoisotopic (exact) mass is 289 g/mol. The zero-order valence-electron chi connectivity index (χ0n) is 12.5. The van der Waals surface area contributed by atoms with E-state index < -0.39 is 5.97 Å². The Morgan fingerprint density at radius 3 is 2.86 bits per heavy atom. The summed E-state index contributed by atoms with van der Waals surface area (Å²) in [5.41, 5.74) is 0.856. The molecule has 1 N–H and O–H groups in total. The minimum Gasteiger partial charge on any atom is -0.492 e. The molecule has 21 heavy (non-hydrogen) atoms. The van der Waals surface area contributed by atoms with Crippen molar-refractivity contribution in [3.8, 4) is 5.75 Å². The third-order valence-electron chi connectivity index (χ3n) is 3.72. The first-order valence-electron chi connectivity index (χ1n) is 7.50. The molecule has 1 unspecified atom stereocenters. The fraction of sp³-hybridized carbons (Fsp3) is 0.471. The van der Waals surface area contributed by atoms with Gasteiger partial charge in [0.1, 0.15) is 12.4 Å². The fourth-order valence-corrected chi connectivity index (χ4v) is 2.63. The smallest absolute Gasteiger partial charge is 0.328 e. The Labute approximate surface area is 126 Å². The molecule has 2 rings (SSSR count). The van der Waals surface area contributed by atoms with Gasteiger partial charge < -0.3 is 9.84 Å². The molecule has 0 spiro atoms. The van der Waals surface area contributed by atoms with Crippen LogP contribution in [0.5, 0.6) is 5.75 Å². The number of hydrogen-bond acceptors (Lipinski definition) is 3. The van der Waals surface area contributed by atoms with E-state index in [0.29, 0.717) is 6.61 Å². The summed E-state index contributed by atoms with van der Waals surface area (Å²) in [6, 6.07) is 7.47. The van der Waals surface area contributed by atoms with E-state index in [-0.39, 0.29) is 0 Å². The number of carboxylic acids is 1. The van der Waals surface area contributed by atoms with E-state index >= 15 is 0 Å². The van der Waals surface area contributed by atoms with Crippen molar-refractivity contribution < 1.29 is 14.6 Å². The van der Waals surface area contributed by atoms with E-state index in [1.807, 2.05) is 24.3 Å². The van der Waals surface area contributed by atoms with Crippen molar-refractivity contribution in [1.29, 1.82) is 0 Å². The molecule has 1 heterocycles. The highest BCUT2D eigenvalue weighted by molar-refractivity contribution is 5.85. The summed E-state index contributed by atoms with van der Waals surface area (Å²) in [5, 5.41) is 8.57. The molecule has 4 nitrogen and oxygen atoms in total. The third-order valence-corrected chi connectivity index (χ3v) is 3.72. The van der Waals surface area contributed by atoms with E-state index in [2.05, 4.69) is 11.8 Å². The number of hydrogen-bond donors (Lipinski definition) is 1. The lowest BCUT2D eigenvalue weighted by molar-refractivity contribution is -0.131. The van der Waals surface area contributed by atoms with Crippen LogP contribution in [0.25, 0.3) is 6.08 Å². The van der Waals surface area contributed by atoms with E-state index in [1.165, 1.54) is 25.9 Å². The number of likely N-dealkylation sites (tertiary alicyclic amines) is 1. The number of aliphatic carboxylic acids is 1. The maximum absolute atomic E-state index is 10.4. The Morgan fingerprint density at radius 2 is 2.19 bits per heavy atom. The van der Waals surface area contributed by atoms with Gasteiger partial charge >= 0.3 is 5.97 Å². The van der Waals surface area contributed by atoms with Crippen LogP contribution < -0.4 is 4.74 Å². The van der Waals surface area contributed by atoms with Gasteiger partial charge in [0, 0.05) is 19.2 Å². The van der Waals surface area contributed by atoms with Crippen LogP contribution in [-0.2, 0) is 4.79 Å². The van der Waals surface area contributed by atoms with Crippen molar-refractivity contribution in [3.63, 3.8) is 0 Å². The lowest BCUT2D eigenvalue weighted by Gasteiger charge is -2.30. The number of benzene rings is 1. The Hall–Kier alpha value is -1.81. The third kappa shape index (κ3) is 5.60. The summed E-state index contributed by atoms with van der Waals surface area (Å²) >= 11 is 0. The maximum Gasteiger partial charge on any atom is 0.328 e. The summed E-state index contributed by atoms with van der Waals surface area (Å²) in [4.78, 5) is 12.9. The molecule has 0 aliphatic carbocycles. The fourth-order valence-electron chi connectivity index (χ4n) is 2.63. The van der Waals surface area contributed by atoms with Crippen LogP contribution in [0.4, 0.5) is 0 Å². The van der Waals surface area contributed by atoms with Crippen LogP contribution >= 0.6 is 0 Å². The van der Waals surface area contributed by atoms with Crippen LogP contribution in [0.1, 0.15) is 25.3 Å². The van der Waals surface area contributed by atoms with Gasteiger partial charge in [-0.3, -0.25) is 4.90 Å². The zero-order chi connectivity index (χ0) is 15.1. The number of rotatable bonds is 6. The normalized spacial score (nSPS) is 19.8. The van der Waals surface area contributed by atoms with Crippen LogP contribution in [0.3, 0.4) is 0 Å². The van der Waals surface area contributed by atoms with Gasteiger partial charge in [-0.25, -0.2) is 4.79 Å². The second kappa shape index (κ2) is 7.84. The molecule has 4 heteroatoms. The molecule has 1 aromatic rings. The van der Waals surface area contributed by atoms with Crippen LogP contribution in [0.15, 0.2) is 30.3 Å². The predicted molar refractivity (Wildman–Crippen MR) is 83.4 cm³/mol. The van der Waals surface area contributed by atoms with Crippen LogP contribution in [0, 0.1) is 5.92 Å². The van der Waals surface area contributed by atoms with E-state index in [1.54, 1.807) is 6.08 Å². The summed E-state index contributed by atoms with van der Waals surface area (Å²) < 4.78 is 5.74. The minimum absolute atomic E-state index is 0.691. The Balaban J connectivity index is 1.74. The van der Waals surface area contributed by atoms with E-state index in [0.717, 1.165) is 29.9 Å². The molecule has 0 bridgehead atoms. The first-order valence-corrected chi connectivity index (χ1v) is 7.50. The van der Waals surface area contributed by atoms with Crippen LogP contribution in [-0.4, -0.2) is 42.2 Å². The highest BCUT2D eigenvalue weighted by Gasteiger charge is 2.15. The molecule has 1 aliphatic rings. The summed E-state index contributed by atoms with van der Waals surface area (Å²) in [6.45, 7) is 6.30. The molecule has 0 aromatic heterocycles. The van der Waals surface area contributed by atoms with Crippen molar-refractivity contribution in [1.82, 2.24) is 4.90 Å². The second-order valence-corrected chi connectivity index (χ2v) is 5.64. The maximum atomic E-state index is 10.4. The van der Waals surface area contributed by atoms with Crippen LogP contribution in [0.2, 0.25) is 0 Å². The Bertz CT molecular complexity index is 481. The summed E-state index contributed by atoms with van der Waals surface area (Å²) in [7, 11) is 0. The minimum atomic E-state index is -0.939. The molecular formula is C17H23NO3. The number of piperidine rings is 1. The Kier molecular flexibility index (Phi) is 5.81. The van der Waals surface area contributed by atoms with Gasteiger partial charge in [-0.15, -0.1) is 0 Å². The average molecular weight is 289 g/mol. The van der Waals surface area contributed by atoms with Crippen molar-refractivity contribution in [2.45, 2.75) is 19.8 Å². The number of carbonyl (C=O) groups is 1. The summed E-state index contributed by atoms with van der Waals surface area (Å²) in [5.74, 6) is 0.678. The molecule has 1 aliphatic heterocycles. The lowest BCUT2D eigenvalue weighted by Crippen LogP contribution is -2.37. The van der Waals surface area contributed by atoms with Crippen molar-refractivity contribution in [3.05, 3.63) is 35.9 Å². The molecule has 0 amide bonds. The van der Waals surface area contributed by atoms with Crippen molar-refractivity contribution >= 4 is 12.0 Å². The first kappa shape index (κ1) is 15.6. The van der Waals surface area contributed by atoms with Gasteiger partial charge in [-0.2, -0.15) is 0 Å². The first-order chi connectivity index (χ1) is 10.1. The number of ether oxygens (including phenoxy) is 1.